The quantitative estimate of drug-likeness (QED) is 0.920. The first kappa shape index (κ1) is 13.9. The Morgan fingerprint density at radius 1 is 1.20 bits per heavy atom. The number of anilines is 1. The summed E-state index contributed by atoms with van der Waals surface area (Å²) in [5.41, 5.74) is 2.04. The summed E-state index contributed by atoms with van der Waals surface area (Å²) >= 11 is 0. The zero-order chi connectivity index (χ0) is 14.0. The minimum absolute atomic E-state index is 0.284. The Morgan fingerprint density at radius 3 is 2.75 bits per heavy atom. The zero-order valence-corrected chi connectivity index (χ0v) is 12.5. The van der Waals surface area contributed by atoms with Crippen LogP contribution in [0.1, 0.15) is 24.8 Å². The summed E-state index contributed by atoms with van der Waals surface area (Å²) in [6, 6.07) is 7.84. The predicted molar refractivity (Wildman–Crippen MR) is 81.5 cm³/mol. The Morgan fingerprint density at radius 2 is 1.95 bits per heavy atom. The third kappa shape index (κ3) is 2.83. The van der Waals surface area contributed by atoms with E-state index in [9.17, 15) is 8.42 Å². The minimum Gasteiger partial charge on any atom is -0.317 e. The fourth-order valence-electron chi connectivity index (χ4n) is 3.19. The number of fused-ring (bicyclic) bond motifs is 1. The molecule has 0 atom stereocenters. The lowest BCUT2D eigenvalue weighted by Gasteiger charge is -2.24. The minimum atomic E-state index is -3.16. The van der Waals surface area contributed by atoms with E-state index in [0.717, 1.165) is 50.0 Å². The van der Waals surface area contributed by atoms with Gasteiger partial charge in [0.1, 0.15) is 0 Å². The standard InChI is InChI=1S/C15H22N2O2S/c18-20(19,12-8-13-5-9-16-10-6-13)17-11-7-14-3-1-2-4-15(14)17/h1-4,13,16H,5-12H2. The van der Waals surface area contributed by atoms with E-state index in [1.54, 1.807) is 4.31 Å². The molecule has 2 aliphatic rings. The van der Waals surface area contributed by atoms with Crippen LogP contribution in [0.2, 0.25) is 0 Å². The highest BCUT2D eigenvalue weighted by molar-refractivity contribution is 7.92. The number of piperidine rings is 1. The van der Waals surface area contributed by atoms with Crippen LogP contribution >= 0.6 is 0 Å². The molecular formula is C15H22N2O2S. The number of benzene rings is 1. The van der Waals surface area contributed by atoms with Crippen molar-refractivity contribution in [2.45, 2.75) is 25.7 Å². The molecule has 0 aromatic heterocycles. The summed E-state index contributed by atoms with van der Waals surface area (Å²) in [5, 5.41) is 3.32. The van der Waals surface area contributed by atoms with Gasteiger partial charge >= 0.3 is 0 Å². The van der Waals surface area contributed by atoms with E-state index in [1.165, 1.54) is 0 Å². The van der Waals surface area contributed by atoms with Gasteiger partial charge < -0.3 is 5.32 Å². The molecule has 0 saturated carbocycles. The lowest BCUT2D eigenvalue weighted by molar-refractivity contribution is 0.365. The van der Waals surface area contributed by atoms with Gasteiger partial charge in [0, 0.05) is 6.54 Å². The maximum atomic E-state index is 12.5. The van der Waals surface area contributed by atoms with Crippen LogP contribution in [0.3, 0.4) is 0 Å². The summed E-state index contributed by atoms with van der Waals surface area (Å²) in [4.78, 5) is 0. The normalized spacial score (nSPS) is 20.1. The molecule has 1 N–H and O–H groups in total. The number of para-hydroxylation sites is 1. The molecule has 1 fully saturated rings. The van der Waals surface area contributed by atoms with Crippen LogP contribution in [0, 0.1) is 5.92 Å². The molecule has 0 bridgehead atoms. The monoisotopic (exact) mass is 294 g/mol. The fraction of sp³-hybridized carbons (Fsp3) is 0.600. The van der Waals surface area contributed by atoms with Crippen LogP contribution in [0.4, 0.5) is 5.69 Å². The molecule has 0 unspecified atom stereocenters. The first-order valence-corrected chi connectivity index (χ1v) is 9.07. The summed E-state index contributed by atoms with van der Waals surface area (Å²) in [6.07, 6.45) is 3.84. The molecular weight excluding hydrogens is 272 g/mol. The average molecular weight is 294 g/mol. The van der Waals surface area contributed by atoms with Crippen molar-refractivity contribution in [3.8, 4) is 0 Å². The number of hydrogen-bond donors (Lipinski definition) is 1. The Bertz CT molecular complexity index is 565. The Hall–Kier alpha value is -1.07. The number of nitrogens with zero attached hydrogens (tertiary/aromatic N) is 1. The smallest absolute Gasteiger partial charge is 0.235 e. The number of rotatable bonds is 4. The van der Waals surface area contributed by atoms with Gasteiger partial charge in [0.15, 0.2) is 0 Å². The van der Waals surface area contributed by atoms with Gasteiger partial charge in [-0.05, 0) is 56.3 Å². The van der Waals surface area contributed by atoms with E-state index in [4.69, 9.17) is 0 Å². The van der Waals surface area contributed by atoms with Gasteiger partial charge in [-0.15, -0.1) is 0 Å². The Kier molecular flexibility index (Phi) is 3.98. The van der Waals surface area contributed by atoms with Crippen molar-refractivity contribution in [2.24, 2.45) is 5.92 Å². The SMILES string of the molecule is O=S(=O)(CCC1CCNCC1)N1CCc2ccccc21. The predicted octanol–water partition coefficient (Wildman–Crippen LogP) is 1.77. The molecule has 2 aliphatic heterocycles. The molecule has 1 aromatic rings. The van der Waals surface area contributed by atoms with Gasteiger partial charge in [-0.3, -0.25) is 4.31 Å². The van der Waals surface area contributed by atoms with Crippen LogP contribution in [0.25, 0.3) is 0 Å². The third-order valence-corrected chi connectivity index (χ3v) is 6.23. The lowest BCUT2D eigenvalue weighted by Crippen LogP contribution is -2.34. The maximum absolute atomic E-state index is 12.5. The highest BCUT2D eigenvalue weighted by Crippen LogP contribution is 2.30. The number of sulfonamides is 1. The molecule has 0 amide bonds. The Labute approximate surface area is 121 Å². The summed E-state index contributed by atoms with van der Waals surface area (Å²) in [5.74, 6) is 0.843. The first-order valence-electron chi connectivity index (χ1n) is 7.46. The van der Waals surface area contributed by atoms with Gasteiger partial charge in [0.25, 0.3) is 0 Å². The topological polar surface area (TPSA) is 49.4 Å². The van der Waals surface area contributed by atoms with Crippen molar-refractivity contribution in [2.75, 3.05) is 29.7 Å². The lowest BCUT2D eigenvalue weighted by atomic mass is 9.96. The molecule has 2 heterocycles. The molecule has 0 radical (unpaired) electrons. The van der Waals surface area contributed by atoms with E-state index in [0.29, 0.717) is 12.5 Å². The second kappa shape index (κ2) is 5.74. The van der Waals surface area contributed by atoms with Crippen molar-refractivity contribution >= 4 is 15.7 Å². The molecule has 110 valence electrons. The molecule has 0 aliphatic carbocycles. The van der Waals surface area contributed by atoms with Crippen LogP contribution in [0.5, 0.6) is 0 Å². The largest absolute Gasteiger partial charge is 0.317 e. The maximum Gasteiger partial charge on any atom is 0.235 e. The van der Waals surface area contributed by atoms with E-state index < -0.39 is 10.0 Å². The van der Waals surface area contributed by atoms with E-state index in [-0.39, 0.29) is 5.75 Å². The zero-order valence-electron chi connectivity index (χ0n) is 11.7. The van der Waals surface area contributed by atoms with E-state index in [2.05, 4.69) is 5.32 Å². The van der Waals surface area contributed by atoms with Gasteiger partial charge in [-0.2, -0.15) is 0 Å². The van der Waals surface area contributed by atoms with Crippen molar-refractivity contribution in [3.05, 3.63) is 29.8 Å². The molecule has 4 nitrogen and oxygen atoms in total. The van der Waals surface area contributed by atoms with Crippen molar-refractivity contribution in [3.63, 3.8) is 0 Å². The summed E-state index contributed by atoms with van der Waals surface area (Å²) in [6.45, 7) is 2.66. The molecule has 20 heavy (non-hydrogen) atoms. The van der Waals surface area contributed by atoms with Crippen LogP contribution in [-0.2, 0) is 16.4 Å². The highest BCUT2D eigenvalue weighted by atomic mass is 32.2. The number of nitrogens with one attached hydrogen (secondary N) is 1. The molecule has 1 saturated heterocycles. The van der Waals surface area contributed by atoms with E-state index >= 15 is 0 Å². The summed E-state index contributed by atoms with van der Waals surface area (Å²) in [7, 11) is -3.16. The first-order chi connectivity index (χ1) is 9.67. The third-order valence-electron chi connectivity index (χ3n) is 4.42. The summed E-state index contributed by atoms with van der Waals surface area (Å²) < 4.78 is 26.7. The average Bonchev–Trinajstić information content (AvgIpc) is 2.91. The molecule has 0 spiro atoms. The van der Waals surface area contributed by atoms with Gasteiger partial charge in [-0.1, -0.05) is 18.2 Å². The number of hydrogen-bond acceptors (Lipinski definition) is 3. The van der Waals surface area contributed by atoms with Crippen molar-refractivity contribution in [1.82, 2.24) is 5.32 Å². The van der Waals surface area contributed by atoms with Crippen LogP contribution < -0.4 is 9.62 Å². The van der Waals surface area contributed by atoms with Crippen molar-refractivity contribution < 1.29 is 8.42 Å². The van der Waals surface area contributed by atoms with Gasteiger partial charge in [-0.25, -0.2) is 8.42 Å². The van der Waals surface area contributed by atoms with E-state index in [1.807, 2.05) is 24.3 Å². The second-order valence-corrected chi connectivity index (χ2v) is 7.76. The molecule has 5 heteroatoms. The molecule has 1 aromatic carbocycles. The van der Waals surface area contributed by atoms with Crippen LogP contribution in [-0.4, -0.2) is 33.8 Å². The van der Waals surface area contributed by atoms with Gasteiger partial charge in [0.2, 0.25) is 10.0 Å². The highest BCUT2D eigenvalue weighted by Gasteiger charge is 2.29. The van der Waals surface area contributed by atoms with Gasteiger partial charge in [0.05, 0.1) is 11.4 Å². The Balaban J connectivity index is 1.67. The van der Waals surface area contributed by atoms with Crippen molar-refractivity contribution in [1.29, 1.82) is 0 Å². The fourth-order valence-corrected chi connectivity index (χ4v) is 4.89. The molecule has 3 rings (SSSR count). The second-order valence-electron chi connectivity index (χ2n) is 5.75. The van der Waals surface area contributed by atoms with Crippen LogP contribution in [0.15, 0.2) is 24.3 Å².